The van der Waals surface area contributed by atoms with E-state index >= 15 is 0 Å². The molecule has 2 rings (SSSR count). The summed E-state index contributed by atoms with van der Waals surface area (Å²) in [5.41, 5.74) is -0.616. The number of urea groups is 2. The molecule has 0 aliphatic carbocycles. The van der Waals surface area contributed by atoms with E-state index in [4.69, 9.17) is 0 Å². The van der Waals surface area contributed by atoms with Gasteiger partial charge in [0.1, 0.15) is 12.1 Å². The van der Waals surface area contributed by atoms with E-state index in [1.165, 1.54) is 0 Å². The minimum atomic E-state index is -1.23. The third-order valence-electron chi connectivity index (χ3n) is 3.52. The summed E-state index contributed by atoms with van der Waals surface area (Å²) in [4.78, 5) is 48.4. The first-order chi connectivity index (χ1) is 10.9. The minimum absolute atomic E-state index is 0.355. The van der Waals surface area contributed by atoms with Crippen molar-refractivity contribution in [3.8, 4) is 0 Å². The number of carbonyl (C=O) groups is 4. The van der Waals surface area contributed by atoms with E-state index in [2.05, 4.69) is 16.0 Å². The average Bonchev–Trinajstić information content (AvgIpc) is 2.73. The summed E-state index contributed by atoms with van der Waals surface area (Å²) >= 11 is 0. The molecule has 1 atom stereocenters. The number of hydrogen-bond acceptors (Lipinski definition) is 4. The maximum Gasteiger partial charge on any atom is 0.325 e. The van der Waals surface area contributed by atoms with Crippen molar-refractivity contribution in [3.63, 3.8) is 0 Å². The molecule has 3 N–H and O–H groups in total. The van der Waals surface area contributed by atoms with Crippen LogP contribution in [0.1, 0.15) is 19.4 Å². The first kappa shape index (κ1) is 16.5. The Morgan fingerprint density at radius 2 is 1.87 bits per heavy atom. The predicted octanol–water partition coefficient (Wildman–Crippen LogP) is 0.299. The highest BCUT2D eigenvalue weighted by atomic mass is 16.2. The minimum Gasteiger partial charge on any atom is -0.338 e. The molecule has 1 saturated heterocycles. The van der Waals surface area contributed by atoms with Gasteiger partial charge in [-0.25, -0.2) is 9.59 Å². The fourth-order valence-corrected chi connectivity index (χ4v) is 2.32. The first-order valence-corrected chi connectivity index (χ1v) is 7.15. The number of carbonyl (C=O) groups excluding carboxylic acids is 4. The van der Waals surface area contributed by atoms with Gasteiger partial charge in [0.05, 0.1) is 0 Å². The second-order valence-electron chi connectivity index (χ2n) is 5.22. The molecule has 0 saturated carbocycles. The van der Waals surface area contributed by atoms with Crippen LogP contribution in [-0.4, -0.2) is 41.9 Å². The van der Waals surface area contributed by atoms with Crippen molar-refractivity contribution in [2.75, 3.05) is 13.1 Å². The lowest BCUT2D eigenvalue weighted by molar-refractivity contribution is -0.134. The van der Waals surface area contributed by atoms with Gasteiger partial charge in [-0.3, -0.25) is 19.8 Å². The lowest BCUT2D eigenvalue weighted by Gasteiger charge is -2.22. The van der Waals surface area contributed by atoms with Crippen molar-refractivity contribution in [1.82, 2.24) is 20.9 Å². The Labute approximate surface area is 133 Å². The number of benzene rings is 1. The van der Waals surface area contributed by atoms with E-state index in [0.717, 1.165) is 4.90 Å². The Morgan fingerprint density at radius 3 is 2.48 bits per heavy atom. The van der Waals surface area contributed by atoms with E-state index in [9.17, 15) is 19.2 Å². The zero-order valence-corrected chi connectivity index (χ0v) is 12.9. The Balaban J connectivity index is 2.10. The standard InChI is InChI=1S/C15H18N4O4/c1-3-16-13(22)17-11(20)9-19-12(21)15(2,18-14(19)23)10-7-5-4-6-8-10/h4-8H,3,9H2,1-2H3,(H,18,23)(H2,16,17,20,22). The van der Waals surface area contributed by atoms with Crippen LogP contribution in [0.5, 0.6) is 0 Å². The van der Waals surface area contributed by atoms with Crippen LogP contribution in [0.15, 0.2) is 30.3 Å². The lowest BCUT2D eigenvalue weighted by atomic mass is 9.92. The van der Waals surface area contributed by atoms with Crippen molar-refractivity contribution in [3.05, 3.63) is 35.9 Å². The molecule has 23 heavy (non-hydrogen) atoms. The molecule has 1 fully saturated rings. The van der Waals surface area contributed by atoms with Gasteiger partial charge in [0.25, 0.3) is 5.91 Å². The maximum absolute atomic E-state index is 12.5. The Hall–Kier alpha value is -2.90. The SMILES string of the molecule is CCNC(=O)NC(=O)CN1C(=O)NC(C)(c2ccccc2)C1=O. The van der Waals surface area contributed by atoms with E-state index in [0.29, 0.717) is 12.1 Å². The van der Waals surface area contributed by atoms with E-state index in [1.807, 2.05) is 0 Å². The molecule has 1 aliphatic rings. The second-order valence-corrected chi connectivity index (χ2v) is 5.22. The molecule has 0 radical (unpaired) electrons. The summed E-state index contributed by atoms with van der Waals surface area (Å²) in [6.07, 6.45) is 0. The van der Waals surface area contributed by atoms with Crippen LogP contribution in [0.25, 0.3) is 0 Å². The summed E-state index contributed by atoms with van der Waals surface area (Å²) in [6, 6.07) is 7.40. The predicted molar refractivity (Wildman–Crippen MR) is 81.3 cm³/mol. The molecule has 122 valence electrons. The normalized spacial score (nSPS) is 20.2. The molecule has 0 spiro atoms. The molecule has 8 heteroatoms. The van der Waals surface area contributed by atoms with Crippen LogP contribution in [-0.2, 0) is 15.1 Å². The summed E-state index contributed by atoms with van der Waals surface area (Å²) in [5.74, 6) is -1.28. The van der Waals surface area contributed by atoms with Gasteiger partial charge in [-0.1, -0.05) is 30.3 Å². The Kier molecular flexibility index (Phi) is 4.63. The number of amides is 6. The van der Waals surface area contributed by atoms with Crippen LogP contribution in [0, 0.1) is 0 Å². The molecule has 1 aromatic carbocycles. The molecule has 8 nitrogen and oxygen atoms in total. The Bertz CT molecular complexity index is 646. The van der Waals surface area contributed by atoms with Gasteiger partial charge >= 0.3 is 12.1 Å². The summed E-state index contributed by atoms with van der Waals surface area (Å²) < 4.78 is 0. The van der Waals surface area contributed by atoms with Gasteiger partial charge in [-0.05, 0) is 19.4 Å². The van der Waals surface area contributed by atoms with Crippen LogP contribution < -0.4 is 16.0 Å². The van der Waals surface area contributed by atoms with Gasteiger partial charge in [0, 0.05) is 6.54 Å². The average molecular weight is 318 g/mol. The molecule has 1 aromatic rings. The maximum atomic E-state index is 12.5. The van der Waals surface area contributed by atoms with Crippen LogP contribution in [0.4, 0.5) is 9.59 Å². The largest absolute Gasteiger partial charge is 0.338 e. The highest BCUT2D eigenvalue weighted by Gasteiger charge is 2.49. The zero-order valence-electron chi connectivity index (χ0n) is 12.9. The molecular formula is C15H18N4O4. The van der Waals surface area contributed by atoms with E-state index in [1.54, 1.807) is 44.2 Å². The monoisotopic (exact) mass is 318 g/mol. The van der Waals surface area contributed by atoms with Gasteiger partial charge < -0.3 is 10.6 Å². The number of nitrogens with zero attached hydrogens (tertiary/aromatic N) is 1. The molecule has 0 aromatic heterocycles. The number of nitrogens with one attached hydrogen (secondary N) is 3. The number of imide groups is 2. The fourth-order valence-electron chi connectivity index (χ4n) is 2.32. The molecule has 6 amide bonds. The lowest BCUT2D eigenvalue weighted by Crippen LogP contribution is -2.46. The van der Waals surface area contributed by atoms with Crippen molar-refractivity contribution < 1.29 is 19.2 Å². The molecule has 0 bridgehead atoms. The topological polar surface area (TPSA) is 108 Å². The van der Waals surface area contributed by atoms with Crippen molar-refractivity contribution in [1.29, 1.82) is 0 Å². The third kappa shape index (κ3) is 3.31. The van der Waals surface area contributed by atoms with Crippen LogP contribution in [0.3, 0.4) is 0 Å². The van der Waals surface area contributed by atoms with Crippen LogP contribution >= 0.6 is 0 Å². The second kappa shape index (κ2) is 6.47. The number of hydrogen-bond donors (Lipinski definition) is 3. The quantitative estimate of drug-likeness (QED) is 0.694. The van der Waals surface area contributed by atoms with E-state index < -0.39 is 36.0 Å². The molecular weight excluding hydrogens is 300 g/mol. The molecule has 1 unspecified atom stereocenters. The van der Waals surface area contributed by atoms with Gasteiger partial charge in [0.2, 0.25) is 5.91 Å². The van der Waals surface area contributed by atoms with Gasteiger partial charge in [-0.2, -0.15) is 0 Å². The first-order valence-electron chi connectivity index (χ1n) is 7.15. The van der Waals surface area contributed by atoms with Gasteiger partial charge in [-0.15, -0.1) is 0 Å². The summed E-state index contributed by atoms with van der Waals surface area (Å²) in [7, 11) is 0. The van der Waals surface area contributed by atoms with Crippen LogP contribution in [0.2, 0.25) is 0 Å². The zero-order chi connectivity index (χ0) is 17.0. The molecule has 1 heterocycles. The van der Waals surface area contributed by atoms with Crippen molar-refractivity contribution in [2.45, 2.75) is 19.4 Å². The van der Waals surface area contributed by atoms with Gasteiger partial charge in [0.15, 0.2) is 0 Å². The van der Waals surface area contributed by atoms with E-state index in [-0.39, 0.29) is 0 Å². The highest BCUT2D eigenvalue weighted by Crippen LogP contribution is 2.28. The highest BCUT2D eigenvalue weighted by molar-refractivity contribution is 6.10. The number of rotatable bonds is 4. The third-order valence-corrected chi connectivity index (χ3v) is 3.52. The summed E-state index contributed by atoms with van der Waals surface area (Å²) in [6.45, 7) is 3.11. The fraction of sp³-hybridized carbons (Fsp3) is 0.333. The van der Waals surface area contributed by atoms with Crippen molar-refractivity contribution >= 4 is 23.9 Å². The van der Waals surface area contributed by atoms with Crippen molar-refractivity contribution in [2.24, 2.45) is 0 Å². The summed E-state index contributed by atoms with van der Waals surface area (Å²) in [5, 5.41) is 7.03. The Morgan fingerprint density at radius 1 is 1.22 bits per heavy atom. The smallest absolute Gasteiger partial charge is 0.325 e. The molecule has 1 aliphatic heterocycles.